The van der Waals surface area contributed by atoms with E-state index < -0.39 is 27.7 Å². The zero-order valence-electron chi connectivity index (χ0n) is 17.1. The van der Waals surface area contributed by atoms with E-state index in [0.717, 1.165) is 0 Å². The maximum atomic E-state index is 13.8. The van der Waals surface area contributed by atoms with Gasteiger partial charge in [-0.05, 0) is 36.8 Å². The molecule has 0 atom stereocenters. The summed E-state index contributed by atoms with van der Waals surface area (Å²) in [6, 6.07) is 10.3. The van der Waals surface area contributed by atoms with Crippen molar-refractivity contribution in [3.63, 3.8) is 0 Å². The highest BCUT2D eigenvalue weighted by molar-refractivity contribution is 7.89. The average Bonchev–Trinajstić information content (AvgIpc) is 2.76. The number of carbonyl (C=O) groups excluding carboxylic acids is 2. The van der Waals surface area contributed by atoms with Crippen LogP contribution < -0.4 is 10.6 Å². The molecule has 0 spiro atoms. The van der Waals surface area contributed by atoms with Crippen LogP contribution >= 0.6 is 0 Å². The Morgan fingerprint density at radius 2 is 1.81 bits per heavy atom. The van der Waals surface area contributed by atoms with Crippen molar-refractivity contribution >= 4 is 27.5 Å². The number of benzene rings is 2. The van der Waals surface area contributed by atoms with Crippen LogP contribution in [-0.2, 0) is 14.8 Å². The van der Waals surface area contributed by atoms with Crippen LogP contribution in [0.2, 0.25) is 0 Å². The number of halogens is 1. The van der Waals surface area contributed by atoms with Gasteiger partial charge in [-0.15, -0.1) is 0 Å². The summed E-state index contributed by atoms with van der Waals surface area (Å²) in [5.41, 5.74) is 1.20. The van der Waals surface area contributed by atoms with Crippen LogP contribution in [0.5, 0.6) is 0 Å². The maximum Gasteiger partial charge on any atom is 0.258 e. The molecule has 0 saturated carbocycles. The lowest BCUT2D eigenvalue weighted by Gasteiger charge is -2.26. The van der Waals surface area contributed by atoms with Crippen molar-refractivity contribution in [3.8, 4) is 0 Å². The lowest BCUT2D eigenvalue weighted by atomic mass is 10.1. The Balaban J connectivity index is 1.62. The number of rotatable bonds is 7. The van der Waals surface area contributed by atoms with Gasteiger partial charge in [-0.2, -0.15) is 4.31 Å². The highest BCUT2D eigenvalue weighted by Gasteiger charge is 2.24. The normalized spacial score (nSPS) is 14.8. The molecule has 2 amide bonds. The Morgan fingerprint density at radius 3 is 2.52 bits per heavy atom. The summed E-state index contributed by atoms with van der Waals surface area (Å²) in [6.07, 6.45) is 0. The second kappa shape index (κ2) is 9.99. The van der Waals surface area contributed by atoms with Crippen LogP contribution in [-0.4, -0.2) is 63.1 Å². The average molecular weight is 450 g/mol. The topological polar surface area (TPSA) is 105 Å². The van der Waals surface area contributed by atoms with Crippen molar-refractivity contribution in [2.45, 2.75) is 6.92 Å². The Hall–Kier alpha value is -2.82. The molecule has 10 heteroatoms. The Bertz CT molecular complexity index is 1070. The molecule has 0 unspecified atom stereocenters. The van der Waals surface area contributed by atoms with Crippen LogP contribution in [0.15, 0.2) is 42.5 Å². The molecule has 2 aromatic rings. The molecule has 31 heavy (non-hydrogen) atoms. The molecule has 166 valence electrons. The molecular formula is C21H24FN3O5S. The van der Waals surface area contributed by atoms with Gasteiger partial charge in [0, 0.05) is 30.9 Å². The van der Waals surface area contributed by atoms with Gasteiger partial charge in [0.15, 0.2) is 0 Å². The lowest BCUT2D eigenvalue weighted by molar-refractivity contribution is 0.0730. The molecule has 1 fully saturated rings. The van der Waals surface area contributed by atoms with Gasteiger partial charge in [0.25, 0.3) is 11.8 Å². The van der Waals surface area contributed by atoms with Crippen LogP contribution in [0.3, 0.4) is 0 Å². The minimum absolute atomic E-state index is 0.0523. The third kappa shape index (κ3) is 5.87. The fourth-order valence-corrected chi connectivity index (χ4v) is 4.41. The van der Waals surface area contributed by atoms with Crippen molar-refractivity contribution in [2.75, 3.05) is 43.9 Å². The SMILES string of the molecule is Cc1ccc(C(=O)NCCS(=O)(=O)N2CCOCC2)cc1NC(=O)c1ccccc1F. The monoisotopic (exact) mass is 449 g/mol. The number of hydrogen-bond donors (Lipinski definition) is 2. The number of nitrogens with zero attached hydrogens (tertiary/aromatic N) is 1. The molecule has 2 N–H and O–H groups in total. The predicted molar refractivity (Wildman–Crippen MR) is 114 cm³/mol. The predicted octanol–water partition coefficient (Wildman–Crippen LogP) is 1.78. The van der Waals surface area contributed by atoms with Crippen molar-refractivity contribution in [3.05, 3.63) is 65.0 Å². The van der Waals surface area contributed by atoms with Gasteiger partial charge < -0.3 is 15.4 Å². The molecule has 8 nitrogen and oxygen atoms in total. The number of nitrogens with one attached hydrogen (secondary N) is 2. The Labute approximate surface area is 180 Å². The number of sulfonamides is 1. The largest absolute Gasteiger partial charge is 0.379 e. The van der Waals surface area contributed by atoms with Gasteiger partial charge in [-0.3, -0.25) is 9.59 Å². The van der Waals surface area contributed by atoms with E-state index in [1.54, 1.807) is 25.1 Å². The van der Waals surface area contributed by atoms with E-state index in [1.165, 1.54) is 28.6 Å². The number of morpholine rings is 1. The number of amides is 2. The van der Waals surface area contributed by atoms with E-state index in [4.69, 9.17) is 4.74 Å². The molecule has 2 aromatic carbocycles. The fourth-order valence-electron chi connectivity index (χ4n) is 3.08. The van der Waals surface area contributed by atoms with Gasteiger partial charge in [-0.25, -0.2) is 12.8 Å². The molecule has 3 rings (SSSR count). The zero-order valence-corrected chi connectivity index (χ0v) is 17.9. The van der Waals surface area contributed by atoms with Crippen molar-refractivity contribution in [1.82, 2.24) is 9.62 Å². The number of ether oxygens (including phenoxy) is 1. The standard InChI is InChI=1S/C21H24FN3O5S/c1-15-6-7-16(14-19(15)24-21(27)17-4-2-3-5-18(17)22)20(26)23-8-13-31(28,29)25-9-11-30-12-10-25/h2-7,14H,8-13H2,1H3,(H,23,26)(H,24,27). The highest BCUT2D eigenvalue weighted by atomic mass is 32.2. The van der Waals surface area contributed by atoms with Crippen LogP contribution in [0.1, 0.15) is 26.3 Å². The lowest BCUT2D eigenvalue weighted by Crippen LogP contribution is -2.43. The molecule has 1 aliphatic rings. The van der Waals surface area contributed by atoms with Crippen LogP contribution in [0.25, 0.3) is 0 Å². The van der Waals surface area contributed by atoms with E-state index in [2.05, 4.69) is 10.6 Å². The van der Waals surface area contributed by atoms with Gasteiger partial charge >= 0.3 is 0 Å². The smallest absolute Gasteiger partial charge is 0.258 e. The summed E-state index contributed by atoms with van der Waals surface area (Å²) in [5, 5.41) is 5.20. The molecule has 0 bridgehead atoms. The van der Waals surface area contributed by atoms with Gasteiger partial charge in [0.1, 0.15) is 5.82 Å². The van der Waals surface area contributed by atoms with Gasteiger partial charge in [-0.1, -0.05) is 18.2 Å². The van der Waals surface area contributed by atoms with E-state index in [1.807, 2.05) is 0 Å². The second-order valence-corrected chi connectivity index (χ2v) is 9.14. The first-order valence-corrected chi connectivity index (χ1v) is 11.4. The molecule has 0 aliphatic carbocycles. The maximum absolute atomic E-state index is 13.8. The molecule has 1 saturated heterocycles. The van der Waals surface area contributed by atoms with Crippen LogP contribution in [0, 0.1) is 12.7 Å². The Kier molecular flexibility index (Phi) is 7.37. The molecule has 0 aromatic heterocycles. The highest BCUT2D eigenvalue weighted by Crippen LogP contribution is 2.19. The van der Waals surface area contributed by atoms with E-state index in [-0.39, 0.29) is 23.4 Å². The summed E-state index contributed by atoms with van der Waals surface area (Å²) < 4.78 is 45.0. The number of aryl methyl sites for hydroxylation is 1. The second-order valence-electron chi connectivity index (χ2n) is 7.05. The number of hydrogen-bond acceptors (Lipinski definition) is 5. The van der Waals surface area contributed by atoms with Gasteiger partial charge in [0.05, 0.1) is 24.5 Å². The van der Waals surface area contributed by atoms with E-state index >= 15 is 0 Å². The van der Waals surface area contributed by atoms with E-state index in [9.17, 15) is 22.4 Å². The fraction of sp³-hybridized carbons (Fsp3) is 0.333. The van der Waals surface area contributed by atoms with Crippen molar-refractivity contribution in [1.29, 1.82) is 0 Å². The zero-order chi connectivity index (χ0) is 22.4. The molecule has 1 heterocycles. The van der Waals surface area contributed by atoms with Crippen LogP contribution in [0.4, 0.5) is 10.1 Å². The summed E-state index contributed by atoms with van der Waals surface area (Å²) in [5.74, 6) is -1.97. The first-order valence-electron chi connectivity index (χ1n) is 9.78. The third-order valence-corrected chi connectivity index (χ3v) is 6.75. The van der Waals surface area contributed by atoms with Gasteiger partial charge in [0.2, 0.25) is 10.0 Å². The summed E-state index contributed by atoms with van der Waals surface area (Å²) in [4.78, 5) is 24.8. The molecule has 0 radical (unpaired) electrons. The first kappa shape index (κ1) is 22.9. The number of anilines is 1. The number of carbonyl (C=O) groups is 2. The first-order chi connectivity index (χ1) is 14.8. The quantitative estimate of drug-likeness (QED) is 0.671. The Morgan fingerprint density at radius 1 is 1.10 bits per heavy atom. The summed E-state index contributed by atoms with van der Waals surface area (Å²) in [7, 11) is -3.48. The summed E-state index contributed by atoms with van der Waals surface area (Å²) in [6.45, 7) is 3.02. The third-order valence-electron chi connectivity index (χ3n) is 4.88. The summed E-state index contributed by atoms with van der Waals surface area (Å²) >= 11 is 0. The minimum Gasteiger partial charge on any atom is -0.379 e. The molecule has 1 aliphatic heterocycles. The minimum atomic E-state index is -3.48. The molecular weight excluding hydrogens is 425 g/mol. The van der Waals surface area contributed by atoms with Crippen molar-refractivity contribution < 1.29 is 27.1 Å². The van der Waals surface area contributed by atoms with Crippen molar-refractivity contribution in [2.24, 2.45) is 0 Å². The van der Waals surface area contributed by atoms with E-state index in [0.29, 0.717) is 37.6 Å².